The Labute approximate surface area is 176 Å². The van der Waals surface area contributed by atoms with Gasteiger partial charge in [-0.25, -0.2) is 0 Å². The molecule has 2 heterocycles. The van der Waals surface area contributed by atoms with E-state index in [1.54, 1.807) is 0 Å². The maximum absolute atomic E-state index is 11.6. The Kier molecular flexibility index (Phi) is 7.93. The molecule has 1 aromatic heterocycles. The maximum Gasteiger partial charge on any atom is 2.00 e. The molecule has 1 aromatic carbocycles. The van der Waals surface area contributed by atoms with Crippen LogP contribution in [0.5, 0.6) is 5.75 Å². The Morgan fingerprint density at radius 3 is 2.46 bits per heavy atom. The van der Waals surface area contributed by atoms with Crippen molar-refractivity contribution in [3.8, 4) is 5.75 Å². The van der Waals surface area contributed by atoms with E-state index in [0.717, 1.165) is 41.6 Å². The Morgan fingerprint density at radius 2 is 1.88 bits per heavy atom. The number of ether oxygens (including phenoxy) is 1. The second-order valence-electron chi connectivity index (χ2n) is 5.84. The van der Waals surface area contributed by atoms with Gasteiger partial charge in [0.05, 0.1) is 11.9 Å². The van der Waals surface area contributed by atoms with Crippen molar-refractivity contribution in [2.45, 2.75) is 31.4 Å². The third kappa shape index (κ3) is 5.72. The number of rotatable bonds is 7. The van der Waals surface area contributed by atoms with Gasteiger partial charge in [-0.15, -0.1) is 0 Å². The Morgan fingerprint density at radius 1 is 1.15 bits per heavy atom. The molecule has 1 N–H and O–H groups in total. The van der Waals surface area contributed by atoms with Gasteiger partial charge in [0.15, 0.2) is 0 Å². The predicted molar refractivity (Wildman–Crippen MR) is 106 cm³/mol. The van der Waals surface area contributed by atoms with Crippen LogP contribution < -0.4 is 10.1 Å². The first-order chi connectivity index (χ1) is 12.1. The zero-order valence-electron chi connectivity index (χ0n) is 16.7. The number of aromatic nitrogens is 1. The normalized spacial score (nSPS) is 16.1. The summed E-state index contributed by atoms with van der Waals surface area (Å²) < 4.78 is 5.75. The number of carbonyl (C=O) groups excluding carboxylic acids is 2. The van der Waals surface area contributed by atoms with Crippen molar-refractivity contribution in [2.75, 3.05) is 6.61 Å². The van der Waals surface area contributed by atoms with Crippen molar-refractivity contribution in [3.05, 3.63) is 59.4 Å². The van der Waals surface area contributed by atoms with E-state index in [2.05, 4.69) is 23.3 Å². The van der Waals surface area contributed by atoms with Crippen LogP contribution in [0.4, 0.5) is 4.79 Å². The zero-order chi connectivity index (χ0) is 17.6. The number of nitrogens with one attached hydrogen (secondary N) is 1. The first-order valence-corrected chi connectivity index (χ1v) is 9.19. The van der Waals surface area contributed by atoms with E-state index < -0.39 is 0 Å². The first-order valence-electron chi connectivity index (χ1n) is 8.31. The summed E-state index contributed by atoms with van der Waals surface area (Å²) in [5.41, 5.74) is 3.25. The minimum Gasteiger partial charge on any atom is -1.00 e. The number of thioether (sulfide) groups is 1. The summed E-state index contributed by atoms with van der Waals surface area (Å²) in [6.45, 7) is 2.67. The molecule has 26 heavy (non-hydrogen) atoms. The molecule has 1 saturated heterocycles. The van der Waals surface area contributed by atoms with E-state index >= 15 is 0 Å². The summed E-state index contributed by atoms with van der Waals surface area (Å²) in [5.74, 6) is 0.574. The monoisotopic (exact) mass is 382 g/mol. The molecule has 1 atom stereocenters. The van der Waals surface area contributed by atoms with Gasteiger partial charge in [0, 0.05) is 18.3 Å². The third-order valence-electron chi connectivity index (χ3n) is 4.03. The van der Waals surface area contributed by atoms with Gasteiger partial charge in [-0.05, 0) is 42.2 Å². The molecule has 0 bridgehead atoms. The smallest absolute Gasteiger partial charge is 1.00 e. The fraction of sp³-hybridized carbons (Fsp3) is 0.316. The molecular weight excluding hydrogens is 361 g/mol. The molecule has 1 unspecified atom stereocenters. The number of amides is 2. The predicted octanol–water partition coefficient (Wildman–Crippen LogP) is 3.00. The fourth-order valence-corrected chi connectivity index (χ4v) is 3.41. The van der Waals surface area contributed by atoms with Gasteiger partial charge in [-0.3, -0.25) is 19.9 Å². The van der Waals surface area contributed by atoms with Crippen molar-refractivity contribution in [3.63, 3.8) is 0 Å². The van der Waals surface area contributed by atoms with E-state index in [1.807, 2.05) is 36.5 Å². The van der Waals surface area contributed by atoms with E-state index in [-0.39, 0.29) is 42.3 Å². The molecule has 1 aliphatic heterocycles. The first kappa shape index (κ1) is 20.7. The SMILES string of the molecule is CCc1ccc(CCOc2ccc(CC3SC(=O)NC3=O)cc2)nc1.[H-].[H-].[Mg+2]. The fourth-order valence-electron chi connectivity index (χ4n) is 2.55. The molecule has 7 heteroatoms. The number of hydrogen-bond acceptors (Lipinski definition) is 5. The van der Waals surface area contributed by atoms with E-state index in [4.69, 9.17) is 4.74 Å². The summed E-state index contributed by atoms with van der Waals surface area (Å²) >= 11 is 1.05. The van der Waals surface area contributed by atoms with Crippen molar-refractivity contribution in [2.24, 2.45) is 0 Å². The van der Waals surface area contributed by atoms with Gasteiger partial charge >= 0.3 is 23.1 Å². The van der Waals surface area contributed by atoms with Crippen LogP contribution in [-0.2, 0) is 24.1 Å². The molecule has 134 valence electrons. The third-order valence-corrected chi connectivity index (χ3v) is 5.01. The molecule has 0 aliphatic carbocycles. The summed E-state index contributed by atoms with van der Waals surface area (Å²) in [4.78, 5) is 27.2. The molecule has 2 amide bonds. The van der Waals surface area contributed by atoms with Crippen LogP contribution in [0.3, 0.4) is 0 Å². The van der Waals surface area contributed by atoms with Gasteiger partial charge in [-0.2, -0.15) is 0 Å². The zero-order valence-corrected chi connectivity index (χ0v) is 17.0. The Hall–Kier alpha value is -1.57. The van der Waals surface area contributed by atoms with Gasteiger partial charge in [0.1, 0.15) is 5.75 Å². The summed E-state index contributed by atoms with van der Waals surface area (Å²) in [6.07, 6.45) is 4.19. The maximum atomic E-state index is 11.6. The van der Waals surface area contributed by atoms with Crippen LogP contribution in [0, 0.1) is 0 Å². The minimum absolute atomic E-state index is 0. The van der Waals surface area contributed by atoms with Crippen LogP contribution in [0.1, 0.15) is 26.6 Å². The number of hydrogen-bond donors (Lipinski definition) is 1. The van der Waals surface area contributed by atoms with E-state index in [9.17, 15) is 9.59 Å². The largest absolute Gasteiger partial charge is 2.00 e. The standard InChI is InChI=1S/C19H20N2O3S.Mg.2H/c1-2-13-3-6-15(20-12-13)9-10-24-16-7-4-14(5-8-16)11-17-18(22)21-19(23)25-17;;;/h3-8,12,17H,2,9-11H2,1H3,(H,21,22,23);;;/q;+2;2*-1. The van der Waals surface area contributed by atoms with E-state index in [0.29, 0.717) is 13.0 Å². The molecule has 3 rings (SSSR count). The molecule has 2 aromatic rings. The summed E-state index contributed by atoms with van der Waals surface area (Å²) in [6, 6.07) is 11.8. The molecule has 0 saturated carbocycles. The van der Waals surface area contributed by atoms with Crippen molar-refractivity contribution in [1.82, 2.24) is 10.3 Å². The number of pyridine rings is 1. The molecule has 1 aliphatic rings. The number of nitrogens with zero attached hydrogens (tertiary/aromatic N) is 1. The van der Waals surface area contributed by atoms with Gasteiger partial charge in [0.2, 0.25) is 5.91 Å². The number of aryl methyl sites for hydroxylation is 1. The number of carbonyl (C=O) groups is 2. The Bertz CT molecular complexity index is 761. The van der Waals surface area contributed by atoms with Gasteiger partial charge < -0.3 is 7.59 Å². The Balaban J connectivity index is 0.00000243. The second kappa shape index (κ2) is 9.94. The quantitative estimate of drug-likeness (QED) is 0.745. The van der Waals surface area contributed by atoms with Gasteiger partial charge in [0.25, 0.3) is 5.24 Å². The molecule has 5 nitrogen and oxygen atoms in total. The van der Waals surface area contributed by atoms with Crippen molar-refractivity contribution >= 4 is 46.0 Å². The average Bonchev–Trinajstić information content (AvgIpc) is 2.94. The summed E-state index contributed by atoms with van der Waals surface area (Å²) in [5, 5.41) is 1.70. The van der Waals surface area contributed by atoms with Crippen LogP contribution in [0.2, 0.25) is 0 Å². The summed E-state index contributed by atoms with van der Waals surface area (Å²) in [7, 11) is 0. The molecule has 0 radical (unpaired) electrons. The van der Waals surface area contributed by atoms with Crippen LogP contribution in [0.25, 0.3) is 0 Å². The van der Waals surface area contributed by atoms with Crippen molar-refractivity contribution in [1.29, 1.82) is 0 Å². The molecular formula is C19H22MgN2O3S. The number of imide groups is 1. The van der Waals surface area contributed by atoms with Gasteiger partial charge in [-0.1, -0.05) is 36.9 Å². The van der Waals surface area contributed by atoms with E-state index in [1.165, 1.54) is 5.56 Å². The van der Waals surface area contributed by atoms with Crippen LogP contribution in [0.15, 0.2) is 42.6 Å². The second-order valence-corrected chi connectivity index (χ2v) is 7.02. The minimum atomic E-state index is -0.337. The number of benzene rings is 1. The topological polar surface area (TPSA) is 68.3 Å². The van der Waals surface area contributed by atoms with Crippen LogP contribution >= 0.6 is 11.8 Å². The van der Waals surface area contributed by atoms with Crippen molar-refractivity contribution < 1.29 is 17.2 Å². The average molecular weight is 383 g/mol. The van der Waals surface area contributed by atoms with Crippen LogP contribution in [-0.4, -0.2) is 51.0 Å². The molecule has 0 spiro atoms. The molecule has 1 fully saturated rings.